The molecule has 0 unspecified atom stereocenters. The minimum absolute atomic E-state index is 0.406. The number of hydrogen-bond acceptors (Lipinski definition) is 5. The van der Waals surface area contributed by atoms with Gasteiger partial charge in [-0.25, -0.2) is 4.98 Å². The second kappa shape index (κ2) is 7.24. The van der Waals surface area contributed by atoms with Crippen molar-refractivity contribution in [1.29, 1.82) is 0 Å². The van der Waals surface area contributed by atoms with Crippen LogP contribution in [0.2, 0.25) is 5.02 Å². The van der Waals surface area contributed by atoms with Gasteiger partial charge >= 0.3 is 0 Å². The fraction of sp³-hybridized carbons (Fsp3) is 0.600. The molecule has 0 atom stereocenters. The van der Waals surface area contributed by atoms with Crippen LogP contribution in [0.25, 0.3) is 0 Å². The standard InChI is InChI=1S/C10H16ClN3O2/c1-3-12-10-13-7-8(11)9(14-10)16-6-4-5-15-2/h7H,3-6H2,1-2H3,(H,12,13,14). The second-order valence-corrected chi connectivity index (χ2v) is 3.48. The number of aromatic nitrogens is 2. The highest BCUT2D eigenvalue weighted by molar-refractivity contribution is 6.31. The Morgan fingerprint density at radius 2 is 2.25 bits per heavy atom. The third-order valence-electron chi connectivity index (χ3n) is 1.78. The molecule has 0 amide bonds. The number of rotatable bonds is 7. The molecule has 0 bridgehead atoms. The summed E-state index contributed by atoms with van der Waals surface area (Å²) >= 11 is 5.90. The third kappa shape index (κ3) is 4.20. The van der Waals surface area contributed by atoms with E-state index in [0.29, 0.717) is 30.1 Å². The lowest BCUT2D eigenvalue weighted by Crippen LogP contribution is -2.06. The molecule has 0 radical (unpaired) electrons. The number of nitrogens with zero attached hydrogens (tertiary/aromatic N) is 2. The molecule has 1 aromatic heterocycles. The second-order valence-electron chi connectivity index (χ2n) is 3.07. The minimum atomic E-state index is 0.406. The molecular formula is C10H16ClN3O2. The minimum Gasteiger partial charge on any atom is -0.476 e. The fourth-order valence-corrected chi connectivity index (χ4v) is 1.21. The van der Waals surface area contributed by atoms with Crippen molar-refractivity contribution in [3.05, 3.63) is 11.2 Å². The van der Waals surface area contributed by atoms with Crippen molar-refractivity contribution in [3.8, 4) is 5.88 Å². The van der Waals surface area contributed by atoms with Gasteiger partial charge in [0.15, 0.2) is 0 Å². The molecule has 1 rings (SSSR count). The van der Waals surface area contributed by atoms with Crippen molar-refractivity contribution in [1.82, 2.24) is 9.97 Å². The number of halogens is 1. The van der Waals surface area contributed by atoms with Crippen LogP contribution < -0.4 is 10.1 Å². The zero-order valence-corrected chi connectivity index (χ0v) is 10.3. The maximum absolute atomic E-state index is 5.90. The van der Waals surface area contributed by atoms with Crippen molar-refractivity contribution in [2.45, 2.75) is 13.3 Å². The summed E-state index contributed by atoms with van der Waals surface area (Å²) in [5, 5.41) is 3.41. The summed E-state index contributed by atoms with van der Waals surface area (Å²) in [5.41, 5.74) is 0. The summed E-state index contributed by atoms with van der Waals surface area (Å²) in [6, 6.07) is 0. The van der Waals surface area contributed by atoms with E-state index in [-0.39, 0.29) is 0 Å². The lowest BCUT2D eigenvalue weighted by atomic mass is 10.5. The maximum Gasteiger partial charge on any atom is 0.237 e. The van der Waals surface area contributed by atoms with Gasteiger partial charge in [0.05, 0.1) is 12.8 Å². The van der Waals surface area contributed by atoms with E-state index in [2.05, 4.69) is 15.3 Å². The molecule has 1 heterocycles. The quantitative estimate of drug-likeness (QED) is 0.745. The van der Waals surface area contributed by atoms with Crippen molar-refractivity contribution < 1.29 is 9.47 Å². The summed E-state index contributed by atoms with van der Waals surface area (Å²) in [6.07, 6.45) is 2.32. The van der Waals surface area contributed by atoms with Gasteiger partial charge in [-0.05, 0) is 6.92 Å². The molecule has 0 aromatic carbocycles. The van der Waals surface area contributed by atoms with Gasteiger partial charge in [0.1, 0.15) is 5.02 Å². The molecule has 0 saturated carbocycles. The van der Waals surface area contributed by atoms with Crippen LogP contribution in [-0.4, -0.2) is 36.8 Å². The Morgan fingerprint density at radius 1 is 1.44 bits per heavy atom. The van der Waals surface area contributed by atoms with Crippen LogP contribution in [0.3, 0.4) is 0 Å². The zero-order chi connectivity index (χ0) is 11.8. The van der Waals surface area contributed by atoms with Crippen LogP contribution in [0.1, 0.15) is 13.3 Å². The van der Waals surface area contributed by atoms with Crippen molar-refractivity contribution in [2.75, 3.05) is 32.2 Å². The van der Waals surface area contributed by atoms with Crippen LogP contribution in [0, 0.1) is 0 Å². The number of methoxy groups -OCH3 is 1. The lowest BCUT2D eigenvalue weighted by Gasteiger charge is -2.08. The van der Waals surface area contributed by atoms with Crippen molar-refractivity contribution in [2.24, 2.45) is 0 Å². The third-order valence-corrected chi connectivity index (χ3v) is 2.04. The van der Waals surface area contributed by atoms with Crippen LogP contribution in [-0.2, 0) is 4.74 Å². The van der Waals surface area contributed by atoms with Crippen LogP contribution in [0.4, 0.5) is 5.95 Å². The van der Waals surface area contributed by atoms with E-state index >= 15 is 0 Å². The Balaban J connectivity index is 2.52. The summed E-state index contributed by atoms with van der Waals surface area (Å²) in [4.78, 5) is 8.16. The van der Waals surface area contributed by atoms with Crippen molar-refractivity contribution in [3.63, 3.8) is 0 Å². The average molecular weight is 246 g/mol. The largest absolute Gasteiger partial charge is 0.476 e. The van der Waals surface area contributed by atoms with E-state index in [1.807, 2.05) is 6.92 Å². The number of anilines is 1. The number of hydrogen-bond donors (Lipinski definition) is 1. The lowest BCUT2D eigenvalue weighted by molar-refractivity contribution is 0.170. The first-order valence-electron chi connectivity index (χ1n) is 5.16. The molecule has 5 nitrogen and oxygen atoms in total. The molecule has 90 valence electrons. The van der Waals surface area contributed by atoms with Crippen LogP contribution in [0.15, 0.2) is 6.20 Å². The number of ether oxygens (including phenoxy) is 2. The van der Waals surface area contributed by atoms with Crippen LogP contribution >= 0.6 is 11.6 Å². The molecular weight excluding hydrogens is 230 g/mol. The Hall–Kier alpha value is -1.07. The van der Waals surface area contributed by atoms with Gasteiger partial charge in [-0.3, -0.25) is 0 Å². The summed E-state index contributed by atoms with van der Waals surface area (Å²) in [7, 11) is 1.65. The molecule has 6 heteroatoms. The molecule has 0 saturated heterocycles. The monoisotopic (exact) mass is 245 g/mol. The van der Waals surface area contributed by atoms with Gasteiger partial charge in [-0.2, -0.15) is 4.98 Å². The molecule has 0 aliphatic carbocycles. The topological polar surface area (TPSA) is 56.3 Å². The van der Waals surface area contributed by atoms with Gasteiger partial charge in [0.25, 0.3) is 0 Å². The van der Waals surface area contributed by atoms with E-state index in [1.54, 1.807) is 7.11 Å². The normalized spacial score (nSPS) is 10.2. The predicted octanol–water partition coefficient (Wildman–Crippen LogP) is 1.98. The van der Waals surface area contributed by atoms with E-state index in [9.17, 15) is 0 Å². The Morgan fingerprint density at radius 3 is 2.94 bits per heavy atom. The molecule has 1 N–H and O–H groups in total. The summed E-state index contributed by atoms with van der Waals surface area (Å²) in [6.45, 7) is 3.90. The fourth-order valence-electron chi connectivity index (χ4n) is 1.07. The van der Waals surface area contributed by atoms with Crippen molar-refractivity contribution >= 4 is 17.5 Å². The van der Waals surface area contributed by atoms with Gasteiger partial charge in [-0.15, -0.1) is 0 Å². The SMILES string of the molecule is CCNc1ncc(Cl)c(OCCCOC)n1. The van der Waals surface area contributed by atoms with Crippen LogP contribution in [0.5, 0.6) is 5.88 Å². The first kappa shape index (κ1) is 13.0. The highest BCUT2D eigenvalue weighted by atomic mass is 35.5. The van der Waals surface area contributed by atoms with Gasteiger partial charge in [0, 0.05) is 26.7 Å². The van der Waals surface area contributed by atoms with E-state index in [1.165, 1.54) is 6.20 Å². The zero-order valence-electron chi connectivity index (χ0n) is 9.49. The maximum atomic E-state index is 5.90. The molecule has 0 fully saturated rings. The average Bonchev–Trinajstić information content (AvgIpc) is 2.29. The Bertz CT molecular complexity index is 323. The van der Waals surface area contributed by atoms with Gasteiger partial charge < -0.3 is 14.8 Å². The summed E-state index contributed by atoms with van der Waals surface area (Å²) in [5.74, 6) is 0.928. The number of nitrogens with one attached hydrogen (secondary N) is 1. The molecule has 1 aromatic rings. The highest BCUT2D eigenvalue weighted by Gasteiger charge is 2.05. The highest BCUT2D eigenvalue weighted by Crippen LogP contribution is 2.21. The van der Waals surface area contributed by atoms with E-state index in [0.717, 1.165) is 13.0 Å². The first-order valence-corrected chi connectivity index (χ1v) is 5.54. The molecule has 0 aliphatic heterocycles. The smallest absolute Gasteiger partial charge is 0.237 e. The predicted molar refractivity (Wildman–Crippen MR) is 63.2 cm³/mol. The van der Waals surface area contributed by atoms with Gasteiger partial charge in [-0.1, -0.05) is 11.6 Å². The Kier molecular flexibility index (Phi) is 5.88. The van der Waals surface area contributed by atoms with Gasteiger partial charge in [0.2, 0.25) is 11.8 Å². The first-order chi connectivity index (χ1) is 7.77. The molecule has 0 aliphatic rings. The summed E-state index contributed by atoms with van der Waals surface area (Å²) < 4.78 is 10.3. The van der Waals surface area contributed by atoms with E-state index in [4.69, 9.17) is 21.1 Å². The Labute approximate surface area is 100 Å². The molecule has 0 spiro atoms. The molecule has 16 heavy (non-hydrogen) atoms. The van der Waals surface area contributed by atoms with E-state index < -0.39 is 0 Å².